The first-order chi connectivity index (χ1) is 6.88. The third kappa shape index (κ3) is 6.16. The van der Waals surface area contributed by atoms with Gasteiger partial charge in [0, 0.05) is 18.6 Å². The summed E-state index contributed by atoms with van der Waals surface area (Å²) >= 11 is 0. The van der Waals surface area contributed by atoms with Crippen LogP contribution < -0.4 is 5.32 Å². The van der Waals surface area contributed by atoms with Crippen molar-refractivity contribution in [1.82, 2.24) is 10.2 Å². The molecule has 0 aliphatic carbocycles. The van der Waals surface area contributed by atoms with E-state index in [9.17, 15) is 0 Å². The summed E-state index contributed by atoms with van der Waals surface area (Å²) in [6.07, 6.45) is 1.28. The molecule has 0 rings (SSSR count). The minimum absolute atomic E-state index is 0.601. The first-order valence-electron chi connectivity index (χ1n) is 6.26. The molecule has 0 aliphatic rings. The SMILES string of the molecule is CNC(CN(C)C(C)CC(C)C)C(C)C. The number of nitrogens with zero attached hydrogens (tertiary/aromatic N) is 1. The molecule has 0 aromatic carbocycles. The number of rotatable bonds is 7. The highest BCUT2D eigenvalue weighted by Crippen LogP contribution is 2.11. The summed E-state index contributed by atoms with van der Waals surface area (Å²) in [7, 11) is 4.30. The maximum atomic E-state index is 3.40. The molecule has 0 spiro atoms. The molecule has 0 amide bonds. The second-order valence-electron chi connectivity index (χ2n) is 5.56. The standard InChI is InChI=1S/C13H30N2/c1-10(2)8-12(5)15(7)9-13(14-6)11(3)4/h10-14H,8-9H2,1-7H3. The number of hydrogen-bond donors (Lipinski definition) is 1. The second-order valence-corrected chi connectivity index (χ2v) is 5.56. The van der Waals surface area contributed by atoms with E-state index < -0.39 is 0 Å². The molecule has 0 aromatic heterocycles. The van der Waals surface area contributed by atoms with E-state index in [4.69, 9.17) is 0 Å². The van der Waals surface area contributed by atoms with Crippen molar-refractivity contribution in [3.63, 3.8) is 0 Å². The van der Waals surface area contributed by atoms with Crippen LogP contribution in [0.2, 0.25) is 0 Å². The van der Waals surface area contributed by atoms with Crippen LogP contribution in [0.1, 0.15) is 41.0 Å². The first kappa shape index (κ1) is 14.9. The Labute approximate surface area is 96.4 Å². The van der Waals surface area contributed by atoms with Gasteiger partial charge in [-0.15, -0.1) is 0 Å². The summed E-state index contributed by atoms with van der Waals surface area (Å²) in [6, 6.07) is 1.28. The van der Waals surface area contributed by atoms with Crippen LogP contribution in [-0.4, -0.2) is 37.6 Å². The fraction of sp³-hybridized carbons (Fsp3) is 1.00. The van der Waals surface area contributed by atoms with Gasteiger partial charge >= 0.3 is 0 Å². The maximum absolute atomic E-state index is 3.40. The normalized spacial score (nSPS) is 16.4. The van der Waals surface area contributed by atoms with Crippen LogP contribution in [0.5, 0.6) is 0 Å². The van der Waals surface area contributed by atoms with E-state index in [1.165, 1.54) is 6.42 Å². The van der Waals surface area contributed by atoms with E-state index in [1.807, 2.05) is 0 Å². The van der Waals surface area contributed by atoms with Crippen molar-refractivity contribution >= 4 is 0 Å². The van der Waals surface area contributed by atoms with Crippen LogP contribution in [-0.2, 0) is 0 Å². The summed E-state index contributed by atoms with van der Waals surface area (Å²) < 4.78 is 0. The average molecular weight is 214 g/mol. The molecule has 2 unspecified atom stereocenters. The highest BCUT2D eigenvalue weighted by atomic mass is 15.1. The molecule has 0 saturated carbocycles. The molecule has 92 valence electrons. The van der Waals surface area contributed by atoms with Gasteiger partial charge in [-0.05, 0) is 39.3 Å². The van der Waals surface area contributed by atoms with Crippen molar-refractivity contribution in [2.75, 3.05) is 20.6 Å². The van der Waals surface area contributed by atoms with Gasteiger partial charge in [0.25, 0.3) is 0 Å². The molecule has 0 aliphatic heterocycles. The Bertz CT molecular complexity index is 155. The van der Waals surface area contributed by atoms with Crippen molar-refractivity contribution < 1.29 is 0 Å². The molecule has 2 nitrogen and oxygen atoms in total. The Hall–Kier alpha value is -0.0800. The van der Waals surface area contributed by atoms with E-state index in [2.05, 4.69) is 58.9 Å². The Morgan fingerprint density at radius 3 is 1.93 bits per heavy atom. The molecule has 2 heteroatoms. The molecule has 0 heterocycles. The van der Waals surface area contributed by atoms with Crippen LogP contribution >= 0.6 is 0 Å². The molecule has 0 saturated heterocycles. The van der Waals surface area contributed by atoms with Crippen molar-refractivity contribution in [3.8, 4) is 0 Å². The van der Waals surface area contributed by atoms with Crippen LogP contribution in [0.15, 0.2) is 0 Å². The third-order valence-corrected chi connectivity index (χ3v) is 3.23. The molecular weight excluding hydrogens is 184 g/mol. The van der Waals surface area contributed by atoms with E-state index in [-0.39, 0.29) is 0 Å². The molecule has 2 atom stereocenters. The highest BCUT2D eigenvalue weighted by molar-refractivity contribution is 4.75. The van der Waals surface area contributed by atoms with Gasteiger partial charge in [-0.2, -0.15) is 0 Å². The van der Waals surface area contributed by atoms with Gasteiger partial charge in [0.1, 0.15) is 0 Å². The zero-order valence-electron chi connectivity index (χ0n) is 11.7. The summed E-state index contributed by atoms with van der Waals surface area (Å²) in [6.45, 7) is 12.6. The van der Waals surface area contributed by atoms with Gasteiger partial charge < -0.3 is 10.2 Å². The molecule has 0 bridgehead atoms. The number of nitrogens with one attached hydrogen (secondary N) is 1. The quantitative estimate of drug-likeness (QED) is 0.701. The van der Waals surface area contributed by atoms with Gasteiger partial charge in [-0.1, -0.05) is 27.7 Å². The second kappa shape index (κ2) is 7.24. The van der Waals surface area contributed by atoms with Gasteiger partial charge in [0.05, 0.1) is 0 Å². The largest absolute Gasteiger partial charge is 0.315 e. The molecule has 15 heavy (non-hydrogen) atoms. The lowest BCUT2D eigenvalue weighted by molar-refractivity contribution is 0.192. The van der Waals surface area contributed by atoms with Crippen LogP contribution in [0.4, 0.5) is 0 Å². The van der Waals surface area contributed by atoms with Crippen LogP contribution in [0.3, 0.4) is 0 Å². The summed E-state index contributed by atoms with van der Waals surface area (Å²) in [5.74, 6) is 1.48. The summed E-state index contributed by atoms with van der Waals surface area (Å²) in [5.41, 5.74) is 0. The predicted octanol–water partition coefficient (Wildman–Crippen LogP) is 2.60. The predicted molar refractivity (Wildman–Crippen MR) is 69.2 cm³/mol. The zero-order valence-corrected chi connectivity index (χ0v) is 11.7. The Balaban J connectivity index is 4.03. The minimum atomic E-state index is 0.601. The first-order valence-corrected chi connectivity index (χ1v) is 6.26. The minimum Gasteiger partial charge on any atom is -0.315 e. The van der Waals surface area contributed by atoms with Crippen molar-refractivity contribution in [1.29, 1.82) is 0 Å². The Morgan fingerprint density at radius 2 is 1.60 bits per heavy atom. The van der Waals surface area contributed by atoms with Crippen LogP contribution in [0, 0.1) is 11.8 Å². The van der Waals surface area contributed by atoms with E-state index in [0.717, 1.165) is 12.5 Å². The maximum Gasteiger partial charge on any atom is 0.0214 e. The summed E-state index contributed by atoms with van der Waals surface area (Å²) in [4.78, 5) is 2.47. The molecule has 0 aromatic rings. The topological polar surface area (TPSA) is 15.3 Å². The lowest BCUT2D eigenvalue weighted by Crippen LogP contribution is -2.44. The monoisotopic (exact) mass is 214 g/mol. The van der Waals surface area contributed by atoms with Gasteiger partial charge in [-0.3, -0.25) is 0 Å². The zero-order chi connectivity index (χ0) is 12.0. The number of likely N-dealkylation sites (N-methyl/N-ethyl adjacent to an activating group) is 2. The van der Waals surface area contributed by atoms with E-state index >= 15 is 0 Å². The smallest absolute Gasteiger partial charge is 0.0214 e. The fourth-order valence-corrected chi connectivity index (χ4v) is 1.99. The van der Waals surface area contributed by atoms with Crippen molar-refractivity contribution in [2.45, 2.75) is 53.1 Å². The molecule has 0 fully saturated rings. The Morgan fingerprint density at radius 1 is 1.07 bits per heavy atom. The van der Waals surface area contributed by atoms with Gasteiger partial charge in [0.15, 0.2) is 0 Å². The van der Waals surface area contributed by atoms with Gasteiger partial charge in [0.2, 0.25) is 0 Å². The summed E-state index contributed by atoms with van der Waals surface area (Å²) in [5, 5.41) is 3.40. The van der Waals surface area contributed by atoms with Crippen molar-refractivity contribution in [2.24, 2.45) is 11.8 Å². The van der Waals surface area contributed by atoms with E-state index in [0.29, 0.717) is 18.0 Å². The van der Waals surface area contributed by atoms with E-state index in [1.54, 1.807) is 0 Å². The molecule has 0 radical (unpaired) electrons. The lowest BCUT2D eigenvalue weighted by atomic mass is 10.0. The average Bonchev–Trinajstić information content (AvgIpc) is 2.11. The number of hydrogen-bond acceptors (Lipinski definition) is 2. The fourth-order valence-electron chi connectivity index (χ4n) is 1.99. The van der Waals surface area contributed by atoms with Gasteiger partial charge in [-0.25, -0.2) is 0 Å². The molecule has 1 N–H and O–H groups in total. The molecular formula is C13H30N2. The third-order valence-electron chi connectivity index (χ3n) is 3.23. The Kier molecular flexibility index (Phi) is 7.20. The van der Waals surface area contributed by atoms with Crippen molar-refractivity contribution in [3.05, 3.63) is 0 Å². The highest BCUT2D eigenvalue weighted by Gasteiger charge is 2.17. The van der Waals surface area contributed by atoms with Crippen LogP contribution in [0.25, 0.3) is 0 Å². The lowest BCUT2D eigenvalue weighted by Gasteiger charge is -2.31.